The Morgan fingerprint density at radius 3 is 2.00 bits per heavy atom. The zero-order valence-electron chi connectivity index (χ0n) is 19.0. The summed E-state index contributed by atoms with van der Waals surface area (Å²) in [6.45, 7) is 5.44. The highest BCUT2D eigenvalue weighted by molar-refractivity contribution is 5.65. The topological polar surface area (TPSA) is 70.5 Å². The Morgan fingerprint density at radius 1 is 0.742 bits per heavy atom. The SMILES string of the molecule is CCCCCCCCOc1cnc(-c2ccc(OC(=O)OCCCCCC)cc2)nc1. The second-order valence-corrected chi connectivity index (χ2v) is 7.64. The van der Waals surface area contributed by atoms with Crippen LogP contribution in [-0.4, -0.2) is 29.3 Å². The van der Waals surface area contributed by atoms with Gasteiger partial charge in [0.25, 0.3) is 0 Å². The van der Waals surface area contributed by atoms with Crippen LogP contribution in [0, 0.1) is 0 Å². The zero-order chi connectivity index (χ0) is 22.2. The van der Waals surface area contributed by atoms with Gasteiger partial charge in [-0.1, -0.05) is 65.2 Å². The normalized spacial score (nSPS) is 10.6. The van der Waals surface area contributed by atoms with Crippen molar-refractivity contribution in [3.8, 4) is 22.9 Å². The molecule has 0 saturated carbocycles. The van der Waals surface area contributed by atoms with Gasteiger partial charge in [-0.05, 0) is 37.1 Å². The predicted octanol–water partition coefficient (Wildman–Crippen LogP) is 6.98. The van der Waals surface area contributed by atoms with E-state index in [4.69, 9.17) is 14.2 Å². The molecule has 6 nitrogen and oxygen atoms in total. The van der Waals surface area contributed by atoms with Gasteiger partial charge in [0.2, 0.25) is 0 Å². The molecule has 0 aliphatic rings. The summed E-state index contributed by atoms with van der Waals surface area (Å²) in [4.78, 5) is 20.5. The Labute approximate surface area is 186 Å². The molecule has 0 unspecified atom stereocenters. The van der Waals surface area contributed by atoms with Crippen LogP contribution < -0.4 is 9.47 Å². The Kier molecular flexibility index (Phi) is 12.1. The first-order valence-corrected chi connectivity index (χ1v) is 11.6. The molecule has 0 radical (unpaired) electrons. The molecule has 0 spiro atoms. The zero-order valence-corrected chi connectivity index (χ0v) is 19.0. The molecule has 0 amide bonds. The molecule has 0 bridgehead atoms. The van der Waals surface area contributed by atoms with Gasteiger partial charge in [-0.15, -0.1) is 0 Å². The predicted molar refractivity (Wildman–Crippen MR) is 122 cm³/mol. The lowest BCUT2D eigenvalue weighted by Crippen LogP contribution is -2.11. The van der Waals surface area contributed by atoms with Crippen molar-refractivity contribution in [1.82, 2.24) is 9.97 Å². The van der Waals surface area contributed by atoms with Crippen LogP contribution >= 0.6 is 0 Å². The van der Waals surface area contributed by atoms with Crippen LogP contribution in [0.15, 0.2) is 36.7 Å². The van der Waals surface area contributed by atoms with Crippen LogP contribution in [0.4, 0.5) is 4.79 Å². The molecular weight excluding hydrogens is 392 g/mol. The molecule has 2 aromatic rings. The lowest BCUT2D eigenvalue weighted by molar-refractivity contribution is 0.0973. The third kappa shape index (κ3) is 10.3. The van der Waals surface area contributed by atoms with Crippen LogP contribution in [0.5, 0.6) is 11.5 Å². The summed E-state index contributed by atoms with van der Waals surface area (Å²) < 4.78 is 16.0. The molecule has 6 heteroatoms. The first-order valence-electron chi connectivity index (χ1n) is 11.6. The number of rotatable bonds is 15. The van der Waals surface area contributed by atoms with E-state index in [-0.39, 0.29) is 0 Å². The van der Waals surface area contributed by atoms with Crippen molar-refractivity contribution in [3.05, 3.63) is 36.7 Å². The molecule has 1 heterocycles. The van der Waals surface area contributed by atoms with E-state index in [1.54, 1.807) is 24.5 Å². The number of carbonyl (C=O) groups excluding carboxylic acids is 1. The van der Waals surface area contributed by atoms with Gasteiger partial charge >= 0.3 is 6.16 Å². The lowest BCUT2D eigenvalue weighted by atomic mass is 10.1. The summed E-state index contributed by atoms with van der Waals surface area (Å²) in [5.74, 6) is 1.71. The minimum atomic E-state index is -0.674. The van der Waals surface area contributed by atoms with E-state index in [1.165, 1.54) is 32.1 Å². The third-order valence-electron chi connectivity index (χ3n) is 4.93. The lowest BCUT2D eigenvalue weighted by Gasteiger charge is -2.07. The molecule has 31 heavy (non-hydrogen) atoms. The Hall–Kier alpha value is -2.63. The molecule has 0 aliphatic heterocycles. The summed E-state index contributed by atoms with van der Waals surface area (Å²) >= 11 is 0. The fourth-order valence-electron chi connectivity index (χ4n) is 3.09. The van der Waals surface area contributed by atoms with Crippen molar-refractivity contribution < 1.29 is 19.0 Å². The molecule has 170 valence electrons. The molecule has 0 N–H and O–H groups in total. The molecule has 0 saturated heterocycles. The fraction of sp³-hybridized carbons (Fsp3) is 0.560. The first kappa shape index (κ1) is 24.6. The minimum Gasteiger partial charge on any atom is -0.490 e. The van der Waals surface area contributed by atoms with Crippen LogP contribution in [0.2, 0.25) is 0 Å². The largest absolute Gasteiger partial charge is 0.513 e. The quantitative estimate of drug-likeness (QED) is 0.173. The van der Waals surface area contributed by atoms with Crippen LogP contribution in [-0.2, 0) is 4.74 Å². The maximum absolute atomic E-state index is 11.7. The van der Waals surface area contributed by atoms with Gasteiger partial charge in [0.15, 0.2) is 11.6 Å². The van der Waals surface area contributed by atoms with Crippen molar-refractivity contribution in [3.63, 3.8) is 0 Å². The minimum absolute atomic E-state index is 0.387. The van der Waals surface area contributed by atoms with Gasteiger partial charge in [-0.2, -0.15) is 0 Å². The van der Waals surface area contributed by atoms with E-state index < -0.39 is 6.16 Å². The Bertz CT molecular complexity index is 732. The van der Waals surface area contributed by atoms with Gasteiger partial charge in [-0.3, -0.25) is 0 Å². The van der Waals surface area contributed by atoms with Crippen molar-refractivity contribution in [2.75, 3.05) is 13.2 Å². The van der Waals surface area contributed by atoms with E-state index in [1.807, 2.05) is 12.1 Å². The molecule has 0 aliphatic carbocycles. The smallest absolute Gasteiger partial charge is 0.490 e. The number of nitrogens with zero attached hydrogens (tertiary/aromatic N) is 2. The number of hydrogen-bond acceptors (Lipinski definition) is 6. The summed E-state index contributed by atoms with van der Waals surface area (Å²) in [5, 5.41) is 0. The van der Waals surface area contributed by atoms with E-state index in [9.17, 15) is 4.79 Å². The average Bonchev–Trinajstić information content (AvgIpc) is 2.79. The van der Waals surface area contributed by atoms with Crippen LogP contribution in [0.25, 0.3) is 11.4 Å². The van der Waals surface area contributed by atoms with Gasteiger partial charge in [-0.25, -0.2) is 14.8 Å². The van der Waals surface area contributed by atoms with Crippen molar-refractivity contribution >= 4 is 6.16 Å². The maximum Gasteiger partial charge on any atom is 0.513 e. The van der Waals surface area contributed by atoms with E-state index >= 15 is 0 Å². The number of unbranched alkanes of at least 4 members (excludes halogenated alkanes) is 8. The van der Waals surface area contributed by atoms with Gasteiger partial charge < -0.3 is 14.2 Å². The standard InChI is InChI=1S/C25H36N2O4/c1-3-5-7-9-10-12-17-29-23-19-26-24(27-20-23)21-13-15-22(16-14-21)31-25(28)30-18-11-8-6-4-2/h13-16,19-20H,3-12,17-18H2,1-2H3. The second kappa shape index (κ2) is 15.2. The van der Waals surface area contributed by atoms with E-state index in [0.29, 0.717) is 30.5 Å². The van der Waals surface area contributed by atoms with Crippen molar-refractivity contribution in [2.45, 2.75) is 78.1 Å². The van der Waals surface area contributed by atoms with E-state index in [2.05, 4.69) is 23.8 Å². The summed E-state index contributed by atoms with van der Waals surface area (Å²) in [6, 6.07) is 7.05. The average molecular weight is 429 g/mol. The van der Waals surface area contributed by atoms with Gasteiger partial charge in [0, 0.05) is 5.56 Å². The number of hydrogen-bond donors (Lipinski definition) is 0. The number of benzene rings is 1. The number of ether oxygens (including phenoxy) is 3. The fourth-order valence-corrected chi connectivity index (χ4v) is 3.09. The van der Waals surface area contributed by atoms with Crippen molar-refractivity contribution in [2.24, 2.45) is 0 Å². The third-order valence-corrected chi connectivity index (χ3v) is 4.93. The molecule has 2 rings (SSSR count). The number of aromatic nitrogens is 2. The van der Waals surface area contributed by atoms with Crippen LogP contribution in [0.1, 0.15) is 78.1 Å². The summed E-state index contributed by atoms with van der Waals surface area (Å²) in [7, 11) is 0. The van der Waals surface area contributed by atoms with Gasteiger partial charge in [0.05, 0.1) is 25.6 Å². The molecular formula is C25H36N2O4. The Balaban J connectivity index is 1.71. The second-order valence-electron chi connectivity index (χ2n) is 7.64. The van der Waals surface area contributed by atoms with E-state index in [0.717, 1.165) is 37.7 Å². The highest BCUT2D eigenvalue weighted by atomic mass is 16.7. The summed E-state index contributed by atoms with van der Waals surface area (Å²) in [5.41, 5.74) is 0.836. The highest BCUT2D eigenvalue weighted by Gasteiger charge is 2.07. The monoisotopic (exact) mass is 428 g/mol. The first-order chi connectivity index (χ1) is 15.2. The van der Waals surface area contributed by atoms with Gasteiger partial charge in [0.1, 0.15) is 5.75 Å². The highest BCUT2D eigenvalue weighted by Crippen LogP contribution is 2.21. The molecule has 0 atom stereocenters. The van der Waals surface area contributed by atoms with Crippen molar-refractivity contribution in [1.29, 1.82) is 0 Å². The maximum atomic E-state index is 11.7. The Morgan fingerprint density at radius 2 is 1.32 bits per heavy atom. The molecule has 1 aromatic carbocycles. The molecule has 0 fully saturated rings. The molecule has 1 aromatic heterocycles. The summed E-state index contributed by atoms with van der Waals surface area (Å²) in [6.07, 6.45) is 14.3. The van der Waals surface area contributed by atoms with Crippen LogP contribution in [0.3, 0.4) is 0 Å². The number of carbonyl (C=O) groups is 1.